The predicted octanol–water partition coefficient (Wildman–Crippen LogP) is 2.34. The first kappa shape index (κ1) is 16.3. The van der Waals surface area contributed by atoms with E-state index in [-0.39, 0.29) is 10.9 Å². The molecule has 4 nitrogen and oxygen atoms in total. The van der Waals surface area contributed by atoms with Crippen molar-refractivity contribution in [1.82, 2.24) is 4.31 Å². The van der Waals surface area contributed by atoms with Crippen LogP contribution in [0.5, 0.6) is 0 Å². The Labute approximate surface area is 120 Å². The SMILES string of the molecule is CSCCC(C)N(C)S(=O)(=O)c1ccc(C)cc1N. The summed E-state index contributed by atoms with van der Waals surface area (Å²) in [5.41, 5.74) is 7.10. The molecule has 0 aromatic heterocycles. The highest BCUT2D eigenvalue weighted by Gasteiger charge is 2.26. The van der Waals surface area contributed by atoms with Crippen molar-refractivity contribution in [1.29, 1.82) is 0 Å². The molecule has 0 aliphatic heterocycles. The zero-order valence-electron chi connectivity index (χ0n) is 11.9. The molecule has 0 spiro atoms. The molecule has 0 bridgehead atoms. The average molecular weight is 302 g/mol. The second-order valence-electron chi connectivity index (χ2n) is 4.69. The summed E-state index contributed by atoms with van der Waals surface area (Å²) in [7, 11) is -1.91. The Morgan fingerprint density at radius 1 is 1.42 bits per heavy atom. The quantitative estimate of drug-likeness (QED) is 0.819. The van der Waals surface area contributed by atoms with Crippen LogP contribution in [0.2, 0.25) is 0 Å². The number of nitrogen functional groups attached to an aromatic ring is 1. The number of anilines is 1. The lowest BCUT2D eigenvalue weighted by Gasteiger charge is -2.24. The van der Waals surface area contributed by atoms with Gasteiger partial charge in [0.05, 0.1) is 5.69 Å². The Kier molecular flexibility index (Phi) is 5.70. The summed E-state index contributed by atoms with van der Waals surface area (Å²) in [4.78, 5) is 0.191. The fraction of sp³-hybridized carbons (Fsp3) is 0.538. The van der Waals surface area contributed by atoms with Gasteiger partial charge < -0.3 is 5.73 Å². The van der Waals surface area contributed by atoms with E-state index < -0.39 is 10.0 Å². The molecule has 1 rings (SSSR count). The van der Waals surface area contributed by atoms with E-state index in [1.165, 1.54) is 4.31 Å². The van der Waals surface area contributed by atoms with Gasteiger partial charge in [0.2, 0.25) is 10.0 Å². The lowest BCUT2D eigenvalue weighted by atomic mass is 10.2. The largest absolute Gasteiger partial charge is 0.398 e. The summed E-state index contributed by atoms with van der Waals surface area (Å²) >= 11 is 1.71. The van der Waals surface area contributed by atoms with E-state index in [2.05, 4.69) is 0 Å². The summed E-state index contributed by atoms with van der Waals surface area (Å²) in [6.07, 6.45) is 2.84. The fourth-order valence-electron chi connectivity index (χ4n) is 1.77. The number of rotatable bonds is 6. The molecule has 1 aromatic carbocycles. The van der Waals surface area contributed by atoms with Crippen LogP contribution in [0, 0.1) is 6.92 Å². The minimum absolute atomic E-state index is 0.0434. The number of benzene rings is 1. The molecular formula is C13H22N2O2S2. The Hall–Kier alpha value is -0.720. The van der Waals surface area contributed by atoms with Crippen molar-refractivity contribution in [3.05, 3.63) is 23.8 Å². The lowest BCUT2D eigenvalue weighted by molar-refractivity contribution is 0.382. The third-order valence-corrected chi connectivity index (χ3v) is 5.87. The third kappa shape index (κ3) is 3.87. The van der Waals surface area contributed by atoms with Crippen molar-refractivity contribution in [3.63, 3.8) is 0 Å². The molecule has 0 aliphatic carbocycles. The van der Waals surface area contributed by atoms with Crippen molar-refractivity contribution >= 4 is 27.5 Å². The number of nitrogens with two attached hydrogens (primary N) is 1. The van der Waals surface area contributed by atoms with Crippen LogP contribution in [0.15, 0.2) is 23.1 Å². The molecule has 0 heterocycles. The first-order valence-corrected chi connectivity index (χ1v) is 8.97. The maximum atomic E-state index is 12.5. The van der Waals surface area contributed by atoms with E-state index in [1.807, 2.05) is 20.1 Å². The average Bonchev–Trinajstić information content (AvgIpc) is 2.34. The van der Waals surface area contributed by atoms with Crippen LogP contribution in [-0.4, -0.2) is 37.8 Å². The molecular weight excluding hydrogens is 280 g/mol. The van der Waals surface area contributed by atoms with Crippen LogP contribution in [0.1, 0.15) is 18.9 Å². The molecule has 6 heteroatoms. The smallest absolute Gasteiger partial charge is 0.245 e. The normalized spacial score (nSPS) is 13.7. The molecule has 0 radical (unpaired) electrons. The Bertz CT molecular complexity index is 529. The Morgan fingerprint density at radius 2 is 2.05 bits per heavy atom. The van der Waals surface area contributed by atoms with Crippen LogP contribution in [-0.2, 0) is 10.0 Å². The van der Waals surface area contributed by atoms with Crippen molar-refractivity contribution in [3.8, 4) is 0 Å². The van der Waals surface area contributed by atoms with E-state index in [1.54, 1.807) is 37.0 Å². The van der Waals surface area contributed by atoms with E-state index in [9.17, 15) is 8.42 Å². The summed E-state index contributed by atoms with van der Waals surface area (Å²) in [5, 5.41) is 0. The highest BCUT2D eigenvalue weighted by Crippen LogP contribution is 2.24. The van der Waals surface area contributed by atoms with Gasteiger partial charge in [-0.15, -0.1) is 0 Å². The van der Waals surface area contributed by atoms with Gasteiger partial charge in [-0.1, -0.05) is 6.07 Å². The van der Waals surface area contributed by atoms with Crippen molar-refractivity contribution in [2.24, 2.45) is 0 Å². The zero-order valence-corrected chi connectivity index (χ0v) is 13.5. The van der Waals surface area contributed by atoms with Crippen LogP contribution < -0.4 is 5.73 Å². The first-order chi connectivity index (χ1) is 8.80. The van der Waals surface area contributed by atoms with E-state index in [0.717, 1.165) is 17.7 Å². The number of sulfonamides is 1. The Morgan fingerprint density at radius 3 is 2.58 bits per heavy atom. The van der Waals surface area contributed by atoms with Crippen molar-refractivity contribution < 1.29 is 8.42 Å². The number of hydrogen-bond acceptors (Lipinski definition) is 4. The summed E-state index contributed by atoms with van der Waals surface area (Å²) < 4.78 is 26.4. The molecule has 19 heavy (non-hydrogen) atoms. The topological polar surface area (TPSA) is 63.4 Å². The van der Waals surface area contributed by atoms with Gasteiger partial charge in [-0.25, -0.2) is 8.42 Å². The van der Waals surface area contributed by atoms with Crippen molar-refractivity contribution in [2.45, 2.75) is 31.2 Å². The molecule has 0 aliphatic rings. The molecule has 0 amide bonds. The van der Waals surface area contributed by atoms with Crippen LogP contribution >= 0.6 is 11.8 Å². The third-order valence-electron chi connectivity index (χ3n) is 3.18. The van der Waals surface area contributed by atoms with Gasteiger partial charge in [0.25, 0.3) is 0 Å². The van der Waals surface area contributed by atoms with Gasteiger partial charge >= 0.3 is 0 Å². The van der Waals surface area contributed by atoms with Crippen LogP contribution in [0.25, 0.3) is 0 Å². The van der Waals surface area contributed by atoms with Gasteiger partial charge in [0.15, 0.2) is 0 Å². The van der Waals surface area contributed by atoms with Gasteiger partial charge in [0.1, 0.15) is 4.90 Å². The summed E-state index contributed by atoms with van der Waals surface area (Å²) in [5.74, 6) is 0.935. The van der Waals surface area contributed by atoms with Crippen LogP contribution in [0.3, 0.4) is 0 Å². The highest BCUT2D eigenvalue weighted by atomic mass is 32.2. The predicted molar refractivity (Wildman–Crippen MR) is 83.0 cm³/mol. The van der Waals surface area contributed by atoms with Gasteiger partial charge in [0, 0.05) is 13.1 Å². The van der Waals surface area contributed by atoms with E-state index in [4.69, 9.17) is 5.73 Å². The highest BCUT2D eigenvalue weighted by molar-refractivity contribution is 7.98. The van der Waals surface area contributed by atoms with E-state index in [0.29, 0.717) is 5.69 Å². The zero-order chi connectivity index (χ0) is 14.6. The summed E-state index contributed by atoms with van der Waals surface area (Å²) in [6.45, 7) is 3.80. The minimum atomic E-state index is -3.52. The monoisotopic (exact) mass is 302 g/mol. The molecule has 1 atom stereocenters. The summed E-state index contributed by atoms with van der Waals surface area (Å²) in [6, 6.07) is 4.99. The van der Waals surface area contributed by atoms with Gasteiger partial charge in [-0.05, 0) is 50.0 Å². The molecule has 0 saturated heterocycles. The minimum Gasteiger partial charge on any atom is -0.398 e. The molecule has 2 N–H and O–H groups in total. The molecule has 108 valence electrons. The molecule has 0 saturated carbocycles. The van der Waals surface area contributed by atoms with Crippen molar-refractivity contribution in [2.75, 3.05) is 24.8 Å². The Balaban J connectivity index is 3.02. The molecule has 1 unspecified atom stereocenters. The van der Waals surface area contributed by atoms with Crippen LogP contribution in [0.4, 0.5) is 5.69 Å². The second kappa shape index (κ2) is 6.63. The fourth-order valence-corrected chi connectivity index (χ4v) is 3.83. The number of thioether (sulfide) groups is 1. The number of hydrogen-bond donors (Lipinski definition) is 1. The van der Waals surface area contributed by atoms with Gasteiger partial charge in [-0.3, -0.25) is 0 Å². The maximum Gasteiger partial charge on any atom is 0.245 e. The van der Waals surface area contributed by atoms with Gasteiger partial charge in [-0.2, -0.15) is 16.1 Å². The first-order valence-electron chi connectivity index (χ1n) is 6.13. The molecule has 1 aromatic rings. The van der Waals surface area contributed by atoms with E-state index >= 15 is 0 Å². The molecule has 0 fully saturated rings. The number of aryl methyl sites for hydroxylation is 1. The number of nitrogens with zero attached hydrogens (tertiary/aromatic N) is 1. The standard InChI is InChI=1S/C13H22N2O2S2/c1-10-5-6-13(12(14)9-10)19(16,17)15(3)11(2)7-8-18-4/h5-6,9,11H,7-8,14H2,1-4H3. The second-order valence-corrected chi connectivity index (χ2v) is 7.64. The lowest BCUT2D eigenvalue weighted by Crippen LogP contribution is -2.35. The maximum absolute atomic E-state index is 12.5.